The molecule has 0 fully saturated rings. The van der Waals surface area contributed by atoms with Gasteiger partial charge in [-0.05, 0) is 35.9 Å². The maximum atomic E-state index is 6.48. The SMILES string of the molecule is COc1ccc([C@H]2Nc3ccc(Br)cc3[C@@H](c3ccccc3)O2)cc1OC. The van der Waals surface area contributed by atoms with Gasteiger partial charge in [0, 0.05) is 21.3 Å². The highest BCUT2D eigenvalue weighted by Crippen LogP contribution is 2.43. The average molecular weight is 426 g/mol. The van der Waals surface area contributed by atoms with Crippen LogP contribution in [0, 0.1) is 0 Å². The molecule has 4 nitrogen and oxygen atoms in total. The quantitative estimate of drug-likeness (QED) is 0.581. The number of hydrogen-bond donors (Lipinski definition) is 1. The van der Waals surface area contributed by atoms with Crippen LogP contribution in [0.3, 0.4) is 0 Å². The number of fused-ring (bicyclic) bond motifs is 1. The van der Waals surface area contributed by atoms with Gasteiger partial charge in [-0.2, -0.15) is 0 Å². The van der Waals surface area contributed by atoms with Gasteiger partial charge in [0.1, 0.15) is 6.10 Å². The van der Waals surface area contributed by atoms with Crippen LogP contribution < -0.4 is 14.8 Å². The van der Waals surface area contributed by atoms with Gasteiger partial charge in [0.05, 0.1) is 14.2 Å². The molecule has 0 unspecified atom stereocenters. The molecule has 27 heavy (non-hydrogen) atoms. The van der Waals surface area contributed by atoms with Crippen LogP contribution in [-0.2, 0) is 4.74 Å². The van der Waals surface area contributed by atoms with Crippen molar-refractivity contribution in [1.29, 1.82) is 0 Å². The van der Waals surface area contributed by atoms with Crippen molar-refractivity contribution in [3.63, 3.8) is 0 Å². The predicted octanol–water partition coefficient (Wildman–Crippen LogP) is 5.70. The van der Waals surface area contributed by atoms with Gasteiger partial charge in [-0.1, -0.05) is 52.3 Å². The Balaban J connectivity index is 1.76. The molecule has 1 aliphatic rings. The minimum atomic E-state index is -0.302. The Hall–Kier alpha value is -2.50. The van der Waals surface area contributed by atoms with Gasteiger partial charge in [-0.3, -0.25) is 0 Å². The van der Waals surface area contributed by atoms with Crippen molar-refractivity contribution in [3.05, 3.63) is 87.9 Å². The molecular weight excluding hydrogens is 406 g/mol. The van der Waals surface area contributed by atoms with Crippen molar-refractivity contribution >= 4 is 21.6 Å². The maximum absolute atomic E-state index is 6.48. The zero-order chi connectivity index (χ0) is 18.8. The minimum Gasteiger partial charge on any atom is -0.493 e. The van der Waals surface area contributed by atoms with Crippen molar-refractivity contribution in [2.75, 3.05) is 19.5 Å². The molecule has 0 aromatic heterocycles. The second kappa shape index (κ2) is 7.62. The second-order valence-electron chi connectivity index (χ2n) is 6.30. The van der Waals surface area contributed by atoms with Gasteiger partial charge in [-0.15, -0.1) is 0 Å². The van der Waals surface area contributed by atoms with E-state index in [-0.39, 0.29) is 12.3 Å². The van der Waals surface area contributed by atoms with E-state index >= 15 is 0 Å². The van der Waals surface area contributed by atoms with Crippen molar-refractivity contribution in [3.8, 4) is 11.5 Å². The lowest BCUT2D eigenvalue weighted by molar-refractivity contribution is 0.0156. The van der Waals surface area contributed by atoms with Gasteiger partial charge in [0.25, 0.3) is 0 Å². The maximum Gasteiger partial charge on any atom is 0.161 e. The lowest BCUT2D eigenvalue weighted by Crippen LogP contribution is -2.25. The summed E-state index contributed by atoms with van der Waals surface area (Å²) in [6.45, 7) is 0. The Morgan fingerprint density at radius 3 is 2.37 bits per heavy atom. The Bertz CT molecular complexity index is 946. The Morgan fingerprint density at radius 1 is 0.852 bits per heavy atom. The first-order valence-electron chi connectivity index (χ1n) is 8.68. The molecule has 2 atom stereocenters. The molecule has 4 rings (SSSR count). The highest BCUT2D eigenvalue weighted by molar-refractivity contribution is 9.10. The zero-order valence-electron chi connectivity index (χ0n) is 15.1. The first kappa shape index (κ1) is 17.9. The van der Waals surface area contributed by atoms with Crippen LogP contribution in [0.4, 0.5) is 5.69 Å². The number of benzene rings is 3. The summed E-state index contributed by atoms with van der Waals surface area (Å²) in [6, 6.07) is 22.3. The van der Waals surface area contributed by atoms with E-state index in [4.69, 9.17) is 14.2 Å². The van der Waals surface area contributed by atoms with Crippen LogP contribution in [0.15, 0.2) is 71.2 Å². The molecule has 138 valence electrons. The standard InChI is InChI=1S/C22H20BrNO3/c1-25-19-11-8-15(12-20(19)26-2)22-24-18-10-9-16(23)13-17(18)21(27-22)14-6-4-3-5-7-14/h3-13,21-22,24H,1-2H3/t21-,22+/m1/s1. The summed E-state index contributed by atoms with van der Waals surface area (Å²) < 4.78 is 18.3. The fourth-order valence-electron chi connectivity index (χ4n) is 3.33. The van der Waals surface area contributed by atoms with E-state index in [0.29, 0.717) is 11.5 Å². The van der Waals surface area contributed by atoms with Crippen LogP contribution in [0.5, 0.6) is 11.5 Å². The Labute approximate surface area is 167 Å². The normalized spacial score (nSPS) is 18.3. The summed E-state index contributed by atoms with van der Waals surface area (Å²) in [4.78, 5) is 0. The number of nitrogens with one attached hydrogen (secondary N) is 1. The van der Waals surface area contributed by atoms with Crippen molar-refractivity contribution in [2.24, 2.45) is 0 Å². The third kappa shape index (κ3) is 3.53. The van der Waals surface area contributed by atoms with E-state index in [2.05, 4.69) is 45.5 Å². The molecule has 0 saturated heterocycles. The molecule has 0 radical (unpaired) electrons. The summed E-state index contributed by atoms with van der Waals surface area (Å²) in [5, 5.41) is 3.49. The number of ether oxygens (including phenoxy) is 3. The molecular formula is C22H20BrNO3. The fourth-order valence-corrected chi connectivity index (χ4v) is 3.71. The zero-order valence-corrected chi connectivity index (χ0v) is 16.7. The van der Waals surface area contributed by atoms with E-state index in [1.165, 1.54) is 0 Å². The summed E-state index contributed by atoms with van der Waals surface area (Å²) >= 11 is 3.57. The average Bonchev–Trinajstić information content (AvgIpc) is 2.73. The number of rotatable bonds is 4. The van der Waals surface area contributed by atoms with Gasteiger partial charge in [-0.25, -0.2) is 0 Å². The smallest absolute Gasteiger partial charge is 0.161 e. The highest BCUT2D eigenvalue weighted by Gasteiger charge is 2.30. The largest absolute Gasteiger partial charge is 0.493 e. The molecule has 0 saturated carbocycles. The van der Waals surface area contributed by atoms with Crippen LogP contribution in [0.2, 0.25) is 0 Å². The van der Waals surface area contributed by atoms with E-state index in [0.717, 1.165) is 26.9 Å². The molecule has 1 aliphatic heterocycles. The molecule has 3 aromatic carbocycles. The first-order chi connectivity index (χ1) is 13.2. The highest BCUT2D eigenvalue weighted by atomic mass is 79.9. The van der Waals surface area contributed by atoms with Crippen molar-refractivity contribution < 1.29 is 14.2 Å². The molecule has 3 aromatic rings. The molecule has 0 amide bonds. The van der Waals surface area contributed by atoms with Gasteiger partial charge < -0.3 is 19.5 Å². The van der Waals surface area contributed by atoms with Gasteiger partial charge in [0.2, 0.25) is 0 Å². The molecule has 1 heterocycles. The molecule has 0 bridgehead atoms. The van der Waals surface area contributed by atoms with E-state index in [9.17, 15) is 0 Å². The van der Waals surface area contributed by atoms with Gasteiger partial charge >= 0.3 is 0 Å². The second-order valence-corrected chi connectivity index (χ2v) is 7.21. The van der Waals surface area contributed by atoms with Crippen molar-refractivity contribution in [2.45, 2.75) is 12.3 Å². The van der Waals surface area contributed by atoms with Crippen LogP contribution in [0.1, 0.15) is 29.0 Å². The number of anilines is 1. The third-order valence-electron chi connectivity index (χ3n) is 4.67. The molecule has 0 aliphatic carbocycles. The molecule has 0 spiro atoms. The summed E-state index contributed by atoms with van der Waals surface area (Å²) in [5.41, 5.74) is 4.25. The third-order valence-corrected chi connectivity index (χ3v) is 5.16. The van der Waals surface area contributed by atoms with Gasteiger partial charge in [0.15, 0.2) is 17.7 Å². The molecule has 1 N–H and O–H groups in total. The van der Waals surface area contributed by atoms with Crippen LogP contribution in [0.25, 0.3) is 0 Å². The lowest BCUT2D eigenvalue weighted by Gasteiger charge is -2.34. The van der Waals surface area contributed by atoms with Crippen LogP contribution in [-0.4, -0.2) is 14.2 Å². The van der Waals surface area contributed by atoms with Crippen molar-refractivity contribution in [1.82, 2.24) is 0 Å². The Kier molecular flexibility index (Phi) is 5.05. The summed E-state index contributed by atoms with van der Waals surface area (Å²) in [6.07, 6.45) is -0.471. The minimum absolute atomic E-state index is 0.168. The Morgan fingerprint density at radius 2 is 1.63 bits per heavy atom. The number of methoxy groups -OCH3 is 2. The topological polar surface area (TPSA) is 39.7 Å². The fraction of sp³-hybridized carbons (Fsp3) is 0.182. The summed E-state index contributed by atoms with van der Waals surface area (Å²) in [7, 11) is 3.27. The number of halogens is 1. The van der Waals surface area contributed by atoms with E-state index in [1.54, 1.807) is 14.2 Å². The first-order valence-corrected chi connectivity index (χ1v) is 9.47. The predicted molar refractivity (Wildman–Crippen MR) is 109 cm³/mol. The summed E-state index contributed by atoms with van der Waals surface area (Å²) in [5.74, 6) is 1.37. The van der Waals surface area contributed by atoms with Crippen LogP contribution >= 0.6 is 15.9 Å². The monoisotopic (exact) mass is 425 g/mol. The van der Waals surface area contributed by atoms with E-state index in [1.807, 2.05) is 42.5 Å². The molecule has 5 heteroatoms. The number of hydrogen-bond acceptors (Lipinski definition) is 4. The van der Waals surface area contributed by atoms with E-state index < -0.39 is 0 Å². The lowest BCUT2D eigenvalue weighted by atomic mass is 9.97.